The predicted molar refractivity (Wildman–Crippen MR) is 13.4 cm³/mol. The van der Waals surface area contributed by atoms with Gasteiger partial charge in [-0.1, -0.05) is 0 Å². The van der Waals surface area contributed by atoms with Crippen LogP contribution in [0.2, 0.25) is 0 Å². The zero-order valence-electron chi connectivity index (χ0n) is 2.10. The van der Waals surface area contributed by atoms with Crippen LogP contribution < -0.4 is 11.2 Å². The van der Waals surface area contributed by atoms with E-state index in [9.17, 15) is 0 Å². The highest BCUT2D eigenvalue weighted by Crippen LogP contribution is 1.27. The van der Waals surface area contributed by atoms with Crippen molar-refractivity contribution in [1.29, 1.82) is 0 Å². The van der Waals surface area contributed by atoms with Gasteiger partial charge in [-0.3, -0.25) is 0 Å². The maximum Gasteiger partial charge on any atom is 0.109 e. The average molecular weight is 61.1 g/mol. The molecule has 0 saturated heterocycles. The zero-order valence-corrected chi connectivity index (χ0v) is 2.10. The van der Waals surface area contributed by atoms with Crippen LogP contribution in [-0.4, -0.2) is 5.21 Å². The van der Waals surface area contributed by atoms with Crippen LogP contribution in [0, 0.1) is 6.67 Å². The molecule has 0 rings (SSSR count). The molecule has 0 fully saturated rings. The quantitative estimate of drug-likeness (QED) is 0.342. The fraction of sp³-hybridized carbons (Fsp3) is 0. The summed E-state index contributed by atoms with van der Waals surface area (Å²) in [5.74, 6) is 0. The first-order valence-corrected chi connectivity index (χ1v) is 0.846. The minimum absolute atomic E-state index is 0.931. The lowest BCUT2D eigenvalue weighted by atomic mass is 11.3. The van der Waals surface area contributed by atoms with Gasteiger partial charge < -0.3 is 10.9 Å². The van der Waals surface area contributed by atoms with Crippen molar-refractivity contribution in [3.63, 3.8) is 0 Å². The molecule has 3 nitrogen and oxygen atoms in total. The molecule has 0 aliphatic heterocycles. The van der Waals surface area contributed by atoms with Crippen LogP contribution in [0.1, 0.15) is 0 Å². The lowest BCUT2D eigenvalue weighted by molar-refractivity contribution is 0.195. The van der Waals surface area contributed by atoms with Crippen molar-refractivity contribution in [1.82, 2.24) is 5.48 Å². The van der Waals surface area contributed by atoms with Gasteiger partial charge >= 0.3 is 0 Å². The van der Waals surface area contributed by atoms with E-state index in [4.69, 9.17) is 5.21 Å². The van der Waals surface area contributed by atoms with E-state index in [0.717, 1.165) is 6.67 Å². The maximum absolute atomic E-state index is 7.44. The molecule has 0 aliphatic rings. The van der Waals surface area contributed by atoms with Gasteiger partial charge in [-0.15, -0.1) is 0 Å². The summed E-state index contributed by atoms with van der Waals surface area (Å²) in [5, 5.41) is 7.44. The van der Waals surface area contributed by atoms with E-state index in [1.165, 1.54) is 0 Å². The van der Waals surface area contributed by atoms with Crippen molar-refractivity contribution in [2.24, 2.45) is 5.73 Å². The molecule has 3 heteroatoms. The van der Waals surface area contributed by atoms with Crippen LogP contribution in [0.5, 0.6) is 0 Å². The van der Waals surface area contributed by atoms with Gasteiger partial charge in [0.1, 0.15) is 6.67 Å². The molecule has 1 radical (unpaired) electrons. The molecule has 25 valence electrons. The topological polar surface area (TPSA) is 58.3 Å². The SMILES string of the molecule is N[CH]NO. The summed E-state index contributed by atoms with van der Waals surface area (Å²) in [6, 6.07) is 0. The fourth-order valence-corrected chi connectivity index (χ4v) is 0. The molecule has 4 N–H and O–H groups in total. The smallest absolute Gasteiger partial charge is 0.109 e. The molecule has 0 saturated carbocycles. The van der Waals surface area contributed by atoms with Crippen molar-refractivity contribution >= 4 is 0 Å². The standard InChI is InChI=1S/CH5N2O/c2-1-3-4/h1,3-4H,2H2. The van der Waals surface area contributed by atoms with E-state index in [2.05, 4.69) is 5.73 Å². The zero-order chi connectivity index (χ0) is 3.41. The Bertz CT molecular complexity index is 8.00. The summed E-state index contributed by atoms with van der Waals surface area (Å²) in [6.45, 7) is 0.931. The maximum atomic E-state index is 7.44. The van der Waals surface area contributed by atoms with Gasteiger partial charge in [-0.05, 0) is 0 Å². The molecule has 0 spiro atoms. The molecule has 0 amide bonds. The molecule has 0 aromatic carbocycles. The van der Waals surface area contributed by atoms with Gasteiger partial charge in [0, 0.05) is 0 Å². The molecular formula is CH5N2O. The van der Waals surface area contributed by atoms with Gasteiger partial charge in [0.25, 0.3) is 0 Å². The Morgan fingerprint density at radius 2 is 2.25 bits per heavy atom. The second-order valence-corrected chi connectivity index (χ2v) is 0.296. The normalized spacial score (nSPS) is 7.50. The van der Waals surface area contributed by atoms with Gasteiger partial charge in [0.05, 0.1) is 0 Å². The fourth-order valence-electron chi connectivity index (χ4n) is 0. The Labute approximate surface area is 24.4 Å². The summed E-state index contributed by atoms with van der Waals surface area (Å²) in [7, 11) is 0. The van der Waals surface area contributed by atoms with E-state index in [0.29, 0.717) is 0 Å². The summed E-state index contributed by atoms with van der Waals surface area (Å²) in [6.07, 6.45) is 0. The molecule has 0 aromatic rings. The highest BCUT2D eigenvalue weighted by Gasteiger charge is 1.52. The van der Waals surface area contributed by atoms with Crippen molar-refractivity contribution in [2.75, 3.05) is 0 Å². The number of nitrogens with one attached hydrogen (secondary N) is 1. The van der Waals surface area contributed by atoms with Crippen LogP contribution in [0.25, 0.3) is 0 Å². The van der Waals surface area contributed by atoms with Crippen LogP contribution in [-0.2, 0) is 0 Å². The Morgan fingerprint density at radius 1 is 2.00 bits per heavy atom. The average Bonchev–Trinajstić information content (AvgIpc) is 1.37. The van der Waals surface area contributed by atoms with E-state index in [-0.39, 0.29) is 0 Å². The van der Waals surface area contributed by atoms with Crippen LogP contribution in [0.4, 0.5) is 0 Å². The predicted octanol–water partition coefficient (Wildman–Crippen LogP) is -0.957. The molecule has 0 bridgehead atoms. The van der Waals surface area contributed by atoms with Crippen LogP contribution in [0.3, 0.4) is 0 Å². The molecule has 0 heterocycles. The highest BCUT2D eigenvalue weighted by molar-refractivity contribution is 4.29. The van der Waals surface area contributed by atoms with E-state index in [1.54, 1.807) is 5.48 Å². The lowest BCUT2D eigenvalue weighted by Gasteiger charge is -1.75. The lowest BCUT2D eigenvalue weighted by Crippen LogP contribution is -2.08. The summed E-state index contributed by atoms with van der Waals surface area (Å²) < 4.78 is 0. The Morgan fingerprint density at radius 3 is 2.25 bits per heavy atom. The number of nitrogens with two attached hydrogens (primary N) is 1. The van der Waals surface area contributed by atoms with E-state index in [1.807, 2.05) is 0 Å². The van der Waals surface area contributed by atoms with Gasteiger partial charge in [0.2, 0.25) is 0 Å². The number of hydrogen-bond donors (Lipinski definition) is 3. The molecule has 4 heavy (non-hydrogen) atoms. The number of hydroxylamine groups is 1. The third-order valence-electron chi connectivity index (χ3n) is 0.0745. The minimum atomic E-state index is 0.931. The third-order valence-corrected chi connectivity index (χ3v) is 0.0745. The Balaban J connectivity index is 1.97. The van der Waals surface area contributed by atoms with Crippen molar-refractivity contribution in [2.45, 2.75) is 0 Å². The molecule has 0 unspecified atom stereocenters. The monoisotopic (exact) mass is 61.0 g/mol. The van der Waals surface area contributed by atoms with Crippen molar-refractivity contribution < 1.29 is 5.21 Å². The third kappa shape index (κ3) is 1.88. The summed E-state index contributed by atoms with van der Waals surface area (Å²) >= 11 is 0. The molecule has 0 aromatic heterocycles. The summed E-state index contributed by atoms with van der Waals surface area (Å²) in [4.78, 5) is 0. The summed E-state index contributed by atoms with van der Waals surface area (Å²) in [5.41, 5.74) is 6.12. The first-order chi connectivity index (χ1) is 1.91. The minimum Gasteiger partial charge on any atom is -0.315 e. The second-order valence-electron chi connectivity index (χ2n) is 0.296. The molecule has 0 atom stereocenters. The van der Waals surface area contributed by atoms with E-state index < -0.39 is 0 Å². The first-order valence-electron chi connectivity index (χ1n) is 0.846. The largest absolute Gasteiger partial charge is 0.315 e. The Hall–Kier alpha value is -0.120. The molecule has 0 aliphatic carbocycles. The van der Waals surface area contributed by atoms with Crippen molar-refractivity contribution in [3.8, 4) is 0 Å². The highest BCUT2D eigenvalue weighted by atomic mass is 16.5. The van der Waals surface area contributed by atoms with Gasteiger partial charge in [-0.2, -0.15) is 5.48 Å². The molecular weight excluding hydrogens is 56.0 g/mol. The van der Waals surface area contributed by atoms with Gasteiger partial charge in [-0.25, -0.2) is 0 Å². The Kier molecular flexibility index (Phi) is 2.79. The van der Waals surface area contributed by atoms with Gasteiger partial charge in [0.15, 0.2) is 0 Å². The first kappa shape index (κ1) is 3.88. The van der Waals surface area contributed by atoms with Crippen LogP contribution >= 0.6 is 0 Å². The second kappa shape index (κ2) is 2.88. The number of hydrogen-bond acceptors (Lipinski definition) is 3. The van der Waals surface area contributed by atoms with Crippen molar-refractivity contribution in [3.05, 3.63) is 6.67 Å². The van der Waals surface area contributed by atoms with Crippen LogP contribution in [0.15, 0.2) is 0 Å². The number of rotatable bonds is 1. The van der Waals surface area contributed by atoms with E-state index >= 15 is 0 Å².